The number of hydrogen-bond donors (Lipinski definition) is 1. The molecule has 1 N–H and O–H groups in total. The van der Waals surface area contributed by atoms with Crippen LogP contribution in [0.5, 0.6) is 0 Å². The molecule has 0 saturated carbocycles. The molecular weight excluding hydrogens is 329 g/mol. The third kappa shape index (κ3) is 3.36. The lowest BCUT2D eigenvalue weighted by atomic mass is 10.4. The lowest BCUT2D eigenvalue weighted by molar-refractivity contribution is 0.601. The molecule has 0 fully saturated rings. The van der Waals surface area contributed by atoms with Crippen LogP contribution in [0.25, 0.3) is 0 Å². The van der Waals surface area contributed by atoms with Gasteiger partial charge in [0.25, 0.3) is 10.0 Å². The first kappa shape index (κ1) is 14.5. The van der Waals surface area contributed by atoms with Crippen molar-refractivity contribution in [2.75, 3.05) is 4.72 Å². The van der Waals surface area contributed by atoms with Gasteiger partial charge < -0.3 is 0 Å². The number of anilines is 1. The van der Waals surface area contributed by atoms with Gasteiger partial charge in [-0.2, -0.15) is 0 Å². The van der Waals surface area contributed by atoms with Crippen LogP contribution in [0.4, 0.5) is 5.13 Å². The summed E-state index contributed by atoms with van der Waals surface area (Å²) in [6.07, 6.45) is 0.692. The van der Waals surface area contributed by atoms with Crippen LogP contribution in [0.15, 0.2) is 23.1 Å². The summed E-state index contributed by atoms with van der Waals surface area (Å²) in [4.78, 5) is -0.0880. The first-order valence-corrected chi connectivity index (χ1v) is 8.28. The number of nitrogens with zero attached hydrogens (tertiary/aromatic N) is 2. The molecule has 0 amide bonds. The van der Waals surface area contributed by atoms with Crippen molar-refractivity contribution >= 4 is 49.7 Å². The number of nitrogens with one attached hydrogen (secondary N) is 1. The Balaban J connectivity index is 2.34. The fourth-order valence-corrected chi connectivity index (χ4v) is 3.96. The number of aryl methyl sites for hydroxylation is 1. The van der Waals surface area contributed by atoms with Gasteiger partial charge in [0.1, 0.15) is 9.90 Å². The lowest BCUT2D eigenvalue weighted by Crippen LogP contribution is -2.13. The molecule has 0 saturated heterocycles. The molecule has 0 aliphatic rings. The van der Waals surface area contributed by atoms with Gasteiger partial charge >= 0.3 is 0 Å². The molecule has 2 aromatic rings. The van der Waals surface area contributed by atoms with Crippen LogP contribution in [0.3, 0.4) is 0 Å². The van der Waals surface area contributed by atoms with E-state index in [0.717, 1.165) is 5.01 Å². The number of sulfonamides is 1. The Kier molecular flexibility index (Phi) is 4.29. The summed E-state index contributed by atoms with van der Waals surface area (Å²) in [7, 11) is -3.82. The van der Waals surface area contributed by atoms with Crippen molar-refractivity contribution in [3.8, 4) is 0 Å². The van der Waals surface area contributed by atoms with Crippen LogP contribution in [-0.4, -0.2) is 18.6 Å². The van der Waals surface area contributed by atoms with Crippen molar-refractivity contribution in [3.63, 3.8) is 0 Å². The minimum Gasteiger partial charge on any atom is -0.253 e. The molecule has 2 rings (SSSR count). The molecule has 102 valence electrons. The Labute approximate surface area is 124 Å². The van der Waals surface area contributed by atoms with E-state index in [4.69, 9.17) is 23.2 Å². The van der Waals surface area contributed by atoms with Crippen molar-refractivity contribution in [2.45, 2.75) is 18.2 Å². The fourth-order valence-electron chi connectivity index (χ4n) is 1.29. The normalized spacial score (nSPS) is 11.5. The van der Waals surface area contributed by atoms with Crippen LogP contribution in [0, 0.1) is 0 Å². The first-order valence-electron chi connectivity index (χ1n) is 5.22. The van der Waals surface area contributed by atoms with E-state index in [1.807, 2.05) is 6.92 Å². The fraction of sp³-hybridized carbons (Fsp3) is 0.200. The average molecular weight is 338 g/mol. The average Bonchev–Trinajstić information content (AvgIpc) is 2.79. The van der Waals surface area contributed by atoms with Gasteiger partial charge in [0.2, 0.25) is 5.13 Å². The Morgan fingerprint density at radius 3 is 2.68 bits per heavy atom. The molecule has 0 spiro atoms. The molecule has 9 heteroatoms. The van der Waals surface area contributed by atoms with Crippen LogP contribution in [0.2, 0.25) is 10.0 Å². The summed E-state index contributed by atoms with van der Waals surface area (Å²) >= 11 is 12.8. The number of benzene rings is 1. The predicted octanol–water partition coefficient (Wildman–Crippen LogP) is 3.21. The molecule has 1 heterocycles. The highest BCUT2D eigenvalue weighted by molar-refractivity contribution is 7.93. The van der Waals surface area contributed by atoms with E-state index in [1.165, 1.54) is 29.5 Å². The first-order chi connectivity index (χ1) is 8.92. The predicted molar refractivity (Wildman–Crippen MR) is 76.6 cm³/mol. The second-order valence-corrected chi connectivity index (χ2v) is 7.09. The summed E-state index contributed by atoms with van der Waals surface area (Å²) in [5, 5.41) is 8.92. The largest absolute Gasteiger partial charge is 0.265 e. The highest BCUT2D eigenvalue weighted by Crippen LogP contribution is 2.27. The maximum absolute atomic E-state index is 12.2. The summed E-state index contributed by atoms with van der Waals surface area (Å²) in [5.74, 6) is 0. The molecule has 1 aromatic carbocycles. The molecule has 19 heavy (non-hydrogen) atoms. The molecule has 0 aliphatic carbocycles. The van der Waals surface area contributed by atoms with Gasteiger partial charge in [-0.25, -0.2) is 8.42 Å². The van der Waals surface area contributed by atoms with Crippen molar-refractivity contribution < 1.29 is 8.42 Å². The maximum Gasteiger partial charge on any atom is 0.265 e. The summed E-state index contributed by atoms with van der Waals surface area (Å²) in [6, 6.07) is 4.23. The maximum atomic E-state index is 12.2. The number of halogens is 2. The SMILES string of the molecule is CCc1nnc(NS(=O)(=O)c2cc(Cl)ccc2Cl)s1. The van der Waals surface area contributed by atoms with Gasteiger partial charge in [-0.3, -0.25) is 4.72 Å². The number of aromatic nitrogens is 2. The monoisotopic (exact) mass is 337 g/mol. The van der Waals surface area contributed by atoms with E-state index in [2.05, 4.69) is 14.9 Å². The highest BCUT2D eigenvalue weighted by atomic mass is 35.5. The highest BCUT2D eigenvalue weighted by Gasteiger charge is 2.20. The Morgan fingerprint density at radius 1 is 1.32 bits per heavy atom. The summed E-state index contributed by atoms with van der Waals surface area (Å²) < 4.78 is 26.6. The van der Waals surface area contributed by atoms with Crippen LogP contribution in [-0.2, 0) is 16.4 Å². The number of hydrogen-bond acceptors (Lipinski definition) is 5. The zero-order chi connectivity index (χ0) is 14.0. The molecule has 0 bridgehead atoms. The smallest absolute Gasteiger partial charge is 0.253 e. The summed E-state index contributed by atoms with van der Waals surface area (Å²) in [6.45, 7) is 1.91. The van der Waals surface area contributed by atoms with E-state index in [0.29, 0.717) is 6.42 Å². The molecule has 0 unspecified atom stereocenters. The zero-order valence-corrected chi connectivity index (χ0v) is 12.9. The van der Waals surface area contributed by atoms with Gasteiger partial charge in [-0.1, -0.05) is 41.5 Å². The topological polar surface area (TPSA) is 72.0 Å². The van der Waals surface area contributed by atoms with Crippen molar-refractivity contribution in [2.24, 2.45) is 0 Å². The van der Waals surface area contributed by atoms with E-state index < -0.39 is 10.0 Å². The Hall–Kier alpha value is -0.890. The minimum absolute atomic E-state index is 0.0880. The Bertz CT molecular complexity index is 701. The second kappa shape index (κ2) is 5.62. The van der Waals surface area contributed by atoms with E-state index in [1.54, 1.807) is 0 Å². The van der Waals surface area contributed by atoms with Gasteiger partial charge in [0.15, 0.2) is 0 Å². The van der Waals surface area contributed by atoms with Crippen LogP contribution in [0.1, 0.15) is 11.9 Å². The van der Waals surface area contributed by atoms with Crippen molar-refractivity contribution in [3.05, 3.63) is 33.3 Å². The summed E-state index contributed by atoms with van der Waals surface area (Å²) in [5.41, 5.74) is 0. The third-order valence-electron chi connectivity index (χ3n) is 2.17. The van der Waals surface area contributed by atoms with Crippen molar-refractivity contribution in [1.29, 1.82) is 0 Å². The molecular formula is C10H9Cl2N3O2S2. The third-order valence-corrected chi connectivity index (χ3v) is 5.34. The zero-order valence-electron chi connectivity index (χ0n) is 9.72. The van der Waals surface area contributed by atoms with Gasteiger partial charge in [0, 0.05) is 5.02 Å². The quantitative estimate of drug-likeness (QED) is 0.929. The minimum atomic E-state index is -3.82. The van der Waals surface area contributed by atoms with E-state index in [9.17, 15) is 8.42 Å². The molecule has 0 atom stereocenters. The van der Waals surface area contributed by atoms with Crippen molar-refractivity contribution in [1.82, 2.24) is 10.2 Å². The van der Waals surface area contributed by atoms with E-state index >= 15 is 0 Å². The van der Waals surface area contributed by atoms with Gasteiger partial charge in [0.05, 0.1) is 5.02 Å². The molecule has 1 aromatic heterocycles. The number of rotatable bonds is 4. The van der Waals surface area contributed by atoms with Gasteiger partial charge in [-0.05, 0) is 24.6 Å². The van der Waals surface area contributed by atoms with Gasteiger partial charge in [-0.15, -0.1) is 10.2 Å². The molecule has 0 radical (unpaired) electrons. The second-order valence-electron chi connectivity index (χ2n) is 3.53. The van der Waals surface area contributed by atoms with Crippen LogP contribution >= 0.6 is 34.5 Å². The standard InChI is InChI=1S/C10H9Cl2N3O2S2/c1-2-9-13-14-10(18-9)15-19(16,17)8-5-6(11)3-4-7(8)12/h3-5H,2H2,1H3,(H,14,15). The molecule has 0 aliphatic heterocycles. The Morgan fingerprint density at radius 2 is 2.05 bits per heavy atom. The molecule has 5 nitrogen and oxygen atoms in total. The van der Waals surface area contributed by atoms with E-state index in [-0.39, 0.29) is 20.1 Å². The lowest BCUT2D eigenvalue weighted by Gasteiger charge is -2.06. The van der Waals surface area contributed by atoms with Crippen LogP contribution < -0.4 is 4.72 Å².